The molecule has 0 spiro atoms. The Bertz CT molecular complexity index is 1110. The van der Waals surface area contributed by atoms with Crippen molar-refractivity contribution in [3.8, 4) is 5.69 Å². The van der Waals surface area contributed by atoms with Gasteiger partial charge in [-0.25, -0.2) is 4.90 Å². The third kappa shape index (κ3) is 3.18. The summed E-state index contributed by atoms with van der Waals surface area (Å²) in [6, 6.07) is 19.4. The molecule has 2 amide bonds. The Kier molecular flexibility index (Phi) is 4.69. The van der Waals surface area contributed by atoms with Crippen molar-refractivity contribution < 1.29 is 9.59 Å². The van der Waals surface area contributed by atoms with E-state index in [9.17, 15) is 9.59 Å². The molecule has 0 N–H and O–H groups in total. The number of carbonyl (C=O) groups is 2. The number of benzene rings is 2. The highest BCUT2D eigenvalue weighted by atomic mass is 32.2. The van der Waals surface area contributed by atoms with Crippen LogP contribution in [0.3, 0.4) is 0 Å². The molecule has 28 heavy (non-hydrogen) atoms. The van der Waals surface area contributed by atoms with E-state index in [4.69, 9.17) is 0 Å². The summed E-state index contributed by atoms with van der Waals surface area (Å²) in [5, 5.41) is -0.269. The number of imide groups is 1. The molecule has 1 aliphatic heterocycles. The Hall–Kier alpha value is -3.05. The predicted octanol–water partition coefficient (Wildman–Crippen LogP) is 5.64. The molecule has 0 bridgehead atoms. The summed E-state index contributed by atoms with van der Waals surface area (Å²) in [6.07, 6.45) is 1.82. The number of carbonyl (C=O) groups excluding carboxylic acids is 2. The Morgan fingerprint density at radius 1 is 0.857 bits per heavy atom. The fourth-order valence-corrected chi connectivity index (χ4v) is 4.34. The van der Waals surface area contributed by atoms with Crippen LogP contribution in [0.15, 0.2) is 65.6 Å². The number of hydrogen-bond acceptors (Lipinski definition) is 3. The zero-order chi connectivity index (χ0) is 19.8. The molecule has 3 aromatic rings. The first kappa shape index (κ1) is 18.3. The molecule has 0 atom stereocenters. The molecular formula is C23H20N2O2S. The molecule has 1 aliphatic rings. The molecular weight excluding hydrogens is 368 g/mol. The van der Waals surface area contributed by atoms with Crippen LogP contribution in [0.2, 0.25) is 0 Å². The van der Waals surface area contributed by atoms with Crippen LogP contribution in [0.25, 0.3) is 11.8 Å². The molecule has 1 aromatic heterocycles. The van der Waals surface area contributed by atoms with Crippen molar-refractivity contribution in [2.24, 2.45) is 0 Å². The summed E-state index contributed by atoms with van der Waals surface area (Å²) < 4.78 is 2.17. The first-order chi connectivity index (χ1) is 13.5. The number of thioether (sulfide) groups is 1. The zero-order valence-electron chi connectivity index (χ0n) is 16.0. The van der Waals surface area contributed by atoms with Gasteiger partial charge >= 0.3 is 0 Å². The van der Waals surface area contributed by atoms with E-state index in [1.807, 2.05) is 50.3 Å². The summed E-state index contributed by atoms with van der Waals surface area (Å²) in [5.74, 6) is -0.276. The Balaban J connectivity index is 1.72. The van der Waals surface area contributed by atoms with Gasteiger partial charge in [0.1, 0.15) is 0 Å². The van der Waals surface area contributed by atoms with Crippen molar-refractivity contribution in [2.45, 2.75) is 20.8 Å². The highest BCUT2D eigenvalue weighted by molar-refractivity contribution is 8.19. The van der Waals surface area contributed by atoms with Crippen LogP contribution in [0, 0.1) is 20.8 Å². The third-order valence-electron chi connectivity index (χ3n) is 4.82. The van der Waals surface area contributed by atoms with Crippen LogP contribution in [-0.4, -0.2) is 15.7 Å². The van der Waals surface area contributed by atoms with Crippen molar-refractivity contribution in [1.82, 2.24) is 4.57 Å². The maximum atomic E-state index is 12.8. The van der Waals surface area contributed by atoms with Gasteiger partial charge in [0, 0.05) is 17.1 Å². The molecule has 4 rings (SSSR count). The van der Waals surface area contributed by atoms with Gasteiger partial charge in [-0.05, 0) is 80.1 Å². The van der Waals surface area contributed by atoms with Gasteiger partial charge in [0.2, 0.25) is 0 Å². The number of aromatic nitrogens is 1. The fourth-order valence-electron chi connectivity index (χ4n) is 3.51. The number of para-hydroxylation sites is 1. The first-order valence-electron chi connectivity index (χ1n) is 9.04. The summed E-state index contributed by atoms with van der Waals surface area (Å²) in [7, 11) is 0. The number of nitrogens with zero attached hydrogens (tertiary/aromatic N) is 2. The Labute approximate surface area is 168 Å². The number of hydrogen-bond donors (Lipinski definition) is 0. The van der Waals surface area contributed by atoms with Crippen LogP contribution >= 0.6 is 11.8 Å². The maximum Gasteiger partial charge on any atom is 0.298 e. The minimum Gasteiger partial charge on any atom is -0.318 e. The lowest BCUT2D eigenvalue weighted by Crippen LogP contribution is -2.27. The molecule has 1 saturated heterocycles. The van der Waals surface area contributed by atoms with Gasteiger partial charge < -0.3 is 4.57 Å². The maximum absolute atomic E-state index is 12.8. The van der Waals surface area contributed by atoms with Gasteiger partial charge in [0.25, 0.3) is 11.1 Å². The predicted molar refractivity (Wildman–Crippen MR) is 115 cm³/mol. The minimum absolute atomic E-state index is 0.269. The monoisotopic (exact) mass is 388 g/mol. The zero-order valence-corrected chi connectivity index (χ0v) is 16.8. The fraction of sp³-hybridized carbons (Fsp3) is 0.130. The summed E-state index contributed by atoms with van der Waals surface area (Å²) in [4.78, 5) is 26.9. The molecule has 140 valence electrons. The van der Waals surface area contributed by atoms with E-state index in [1.54, 1.807) is 12.1 Å². The Morgan fingerprint density at radius 3 is 2.29 bits per heavy atom. The van der Waals surface area contributed by atoms with E-state index < -0.39 is 0 Å². The quantitative estimate of drug-likeness (QED) is 0.545. The van der Waals surface area contributed by atoms with Crippen molar-refractivity contribution >= 4 is 34.7 Å². The molecule has 2 heterocycles. The third-order valence-corrected chi connectivity index (χ3v) is 5.69. The van der Waals surface area contributed by atoms with E-state index in [1.165, 1.54) is 10.5 Å². The number of amides is 2. The smallest absolute Gasteiger partial charge is 0.298 e. The van der Waals surface area contributed by atoms with Crippen LogP contribution in [0.5, 0.6) is 0 Å². The van der Waals surface area contributed by atoms with Crippen LogP contribution in [0.1, 0.15) is 22.5 Å². The van der Waals surface area contributed by atoms with Gasteiger partial charge in [-0.1, -0.05) is 30.3 Å². The van der Waals surface area contributed by atoms with Crippen molar-refractivity contribution in [2.75, 3.05) is 4.90 Å². The minimum atomic E-state index is -0.276. The van der Waals surface area contributed by atoms with Gasteiger partial charge in [0.05, 0.1) is 10.6 Å². The second-order valence-electron chi connectivity index (χ2n) is 6.85. The largest absolute Gasteiger partial charge is 0.318 e. The van der Waals surface area contributed by atoms with Crippen LogP contribution < -0.4 is 4.90 Å². The Morgan fingerprint density at radius 2 is 1.57 bits per heavy atom. The van der Waals surface area contributed by atoms with Crippen molar-refractivity contribution in [3.63, 3.8) is 0 Å². The number of rotatable bonds is 3. The second-order valence-corrected chi connectivity index (χ2v) is 7.85. The first-order valence-corrected chi connectivity index (χ1v) is 9.86. The molecule has 0 radical (unpaired) electrons. The highest BCUT2D eigenvalue weighted by Crippen LogP contribution is 2.36. The normalized spacial score (nSPS) is 15.7. The lowest BCUT2D eigenvalue weighted by molar-refractivity contribution is -0.113. The van der Waals surface area contributed by atoms with Crippen LogP contribution in [-0.2, 0) is 4.79 Å². The molecule has 5 heteroatoms. The summed E-state index contributed by atoms with van der Waals surface area (Å²) >= 11 is 0.983. The van der Waals surface area contributed by atoms with Crippen molar-refractivity contribution in [1.29, 1.82) is 0 Å². The van der Waals surface area contributed by atoms with Crippen LogP contribution in [0.4, 0.5) is 10.5 Å². The van der Waals surface area contributed by atoms with E-state index in [2.05, 4.69) is 29.7 Å². The highest BCUT2D eigenvalue weighted by Gasteiger charge is 2.36. The second kappa shape index (κ2) is 7.17. The number of aryl methyl sites for hydroxylation is 2. The van der Waals surface area contributed by atoms with Gasteiger partial charge in [0.15, 0.2) is 0 Å². The molecule has 4 nitrogen and oxygen atoms in total. The molecule has 0 saturated carbocycles. The summed E-state index contributed by atoms with van der Waals surface area (Å²) in [5.41, 5.74) is 5.94. The molecule has 0 aliphatic carbocycles. The summed E-state index contributed by atoms with van der Waals surface area (Å²) in [6.45, 7) is 6.14. The SMILES string of the molecule is Cc1cccc(-n2c(C)cc(C=C3SC(=O)N(c4ccccc4)C3=O)c2C)c1. The van der Waals surface area contributed by atoms with Crippen molar-refractivity contribution in [3.05, 3.63) is 88.1 Å². The molecule has 2 aromatic carbocycles. The van der Waals surface area contributed by atoms with Gasteiger partial charge in [-0.15, -0.1) is 0 Å². The average Bonchev–Trinajstić information content (AvgIpc) is 3.11. The van der Waals surface area contributed by atoms with Gasteiger partial charge in [-0.3, -0.25) is 9.59 Å². The van der Waals surface area contributed by atoms with E-state index in [0.717, 1.165) is 34.4 Å². The lowest BCUT2D eigenvalue weighted by Gasteiger charge is -2.11. The van der Waals surface area contributed by atoms with Gasteiger partial charge in [-0.2, -0.15) is 0 Å². The standard InChI is InChI=1S/C23H20N2O2S/c1-15-8-7-11-20(12-15)24-16(2)13-18(17(24)3)14-21-22(26)25(23(27)28-21)19-9-5-4-6-10-19/h4-14H,1-3H3. The molecule has 1 fully saturated rings. The van der Waals surface area contributed by atoms with E-state index in [0.29, 0.717) is 10.6 Å². The molecule has 0 unspecified atom stereocenters. The van der Waals surface area contributed by atoms with E-state index in [-0.39, 0.29) is 11.1 Å². The lowest BCUT2D eigenvalue weighted by atomic mass is 10.2. The number of anilines is 1. The average molecular weight is 388 g/mol. The topological polar surface area (TPSA) is 42.3 Å². The van der Waals surface area contributed by atoms with E-state index >= 15 is 0 Å².